The number of aromatic nitrogens is 3. The molecule has 154 valence electrons. The van der Waals surface area contributed by atoms with Crippen molar-refractivity contribution < 1.29 is 26.8 Å². The smallest absolute Gasteiger partial charge is 0.429 e. The molecule has 0 bridgehead atoms. The van der Waals surface area contributed by atoms with Gasteiger partial charge in [0.15, 0.2) is 5.82 Å². The molecule has 0 aliphatic carbocycles. The predicted octanol–water partition coefficient (Wildman–Crippen LogP) is 4.39. The monoisotopic (exact) mass is 417 g/mol. The number of alkyl halides is 3. The van der Waals surface area contributed by atoms with Crippen LogP contribution in [0.15, 0.2) is 42.6 Å². The average Bonchev–Trinajstić information content (AvgIpc) is 3.33. The van der Waals surface area contributed by atoms with Crippen LogP contribution >= 0.6 is 0 Å². The van der Waals surface area contributed by atoms with E-state index in [1.54, 1.807) is 23.9 Å². The number of rotatable bonds is 4. The Balaban J connectivity index is 2.18. The van der Waals surface area contributed by atoms with Gasteiger partial charge in [0.2, 0.25) is 0 Å². The van der Waals surface area contributed by atoms with Gasteiger partial charge >= 0.3 is 6.18 Å². The number of nitrogens with one attached hydrogen (secondary N) is 1. The fourth-order valence-electron chi connectivity index (χ4n) is 3.66. The van der Waals surface area contributed by atoms with Crippen LogP contribution in [0.3, 0.4) is 0 Å². The van der Waals surface area contributed by atoms with E-state index < -0.39 is 30.2 Å². The van der Waals surface area contributed by atoms with Crippen molar-refractivity contribution in [2.24, 2.45) is 7.05 Å². The number of imidazole rings is 1. The summed E-state index contributed by atoms with van der Waals surface area (Å²) in [7, 11) is -0.640. The molecule has 0 saturated carbocycles. The summed E-state index contributed by atoms with van der Waals surface area (Å²) in [6, 6.07) is 10.3. The SMILES string of the molecule is [2H]C([2H])([2H])OC(c1nc2ccc(C#N)cc2[nH]1)(c1c(OC)ccc2c1ccn2C)C(F)(F)F. The molecule has 1 atom stereocenters. The second-order valence-electron chi connectivity index (χ2n) is 6.71. The lowest BCUT2D eigenvalue weighted by molar-refractivity contribution is -0.260. The van der Waals surface area contributed by atoms with Gasteiger partial charge in [0.1, 0.15) is 5.75 Å². The molecular weight excluding hydrogens is 397 g/mol. The molecule has 2 aromatic carbocycles. The average molecular weight is 417 g/mol. The number of hydrogen-bond acceptors (Lipinski definition) is 4. The third-order valence-corrected chi connectivity index (χ3v) is 5.10. The first-order chi connectivity index (χ1) is 15.4. The van der Waals surface area contributed by atoms with Crippen LogP contribution in [0.2, 0.25) is 0 Å². The summed E-state index contributed by atoms with van der Waals surface area (Å²) in [5.41, 5.74) is -3.29. The number of fused-ring (bicyclic) bond motifs is 2. The Kier molecular flexibility index (Phi) is 3.68. The van der Waals surface area contributed by atoms with Gasteiger partial charge in [-0.05, 0) is 36.4 Å². The zero-order chi connectivity index (χ0) is 24.2. The van der Waals surface area contributed by atoms with Gasteiger partial charge in [-0.1, -0.05) is 0 Å². The molecule has 9 heteroatoms. The standard InChI is InChI=1S/C21H17F3N4O2/c1-28-9-8-13-16(28)6-7-17(29-2)18(13)20(30-3,21(22,23)24)19-26-14-5-4-12(11-25)10-15(14)27-19/h4-10H,1-3H3,(H,26,27)/i3D3. The Morgan fingerprint density at radius 1 is 1.23 bits per heavy atom. The molecule has 0 spiro atoms. The van der Waals surface area contributed by atoms with E-state index in [1.165, 1.54) is 37.4 Å². The van der Waals surface area contributed by atoms with Crippen LogP contribution in [0.5, 0.6) is 5.75 Å². The zero-order valence-corrected chi connectivity index (χ0v) is 15.8. The first-order valence-electron chi connectivity index (χ1n) is 10.2. The first kappa shape index (κ1) is 16.3. The van der Waals surface area contributed by atoms with Crippen molar-refractivity contribution in [1.82, 2.24) is 14.5 Å². The fourth-order valence-corrected chi connectivity index (χ4v) is 3.66. The van der Waals surface area contributed by atoms with Crippen molar-refractivity contribution >= 4 is 21.9 Å². The van der Waals surface area contributed by atoms with Crippen LogP contribution in [0, 0.1) is 11.3 Å². The Morgan fingerprint density at radius 3 is 2.70 bits per heavy atom. The molecule has 0 radical (unpaired) electrons. The molecule has 0 fully saturated rings. The maximum absolute atomic E-state index is 15.1. The maximum atomic E-state index is 15.1. The maximum Gasteiger partial charge on any atom is 0.429 e. The van der Waals surface area contributed by atoms with E-state index in [2.05, 4.69) is 9.97 Å². The molecule has 6 nitrogen and oxygen atoms in total. The number of aryl methyl sites for hydroxylation is 1. The molecule has 30 heavy (non-hydrogen) atoms. The second-order valence-corrected chi connectivity index (χ2v) is 6.71. The third-order valence-electron chi connectivity index (χ3n) is 5.10. The van der Waals surface area contributed by atoms with Gasteiger partial charge < -0.3 is 19.0 Å². The van der Waals surface area contributed by atoms with Crippen molar-refractivity contribution in [2.75, 3.05) is 14.1 Å². The predicted molar refractivity (Wildman–Crippen MR) is 104 cm³/mol. The highest BCUT2D eigenvalue weighted by molar-refractivity contribution is 5.88. The number of aromatic amines is 1. The van der Waals surface area contributed by atoms with Crippen molar-refractivity contribution in [3.63, 3.8) is 0 Å². The summed E-state index contributed by atoms with van der Waals surface area (Å²) in [6.45, 7) is 0. The number of nitriles is 1. The van der Waals surface area contributed by atoms with Crippen LogP contribution in [0.25, 0.3) is 21.9 Å². The lowest BCUT2D eigenvalue weighted by Crippen LogP contribution is -2.46. The molecule has 1 N–H and O–H groups in total. The molecule has 2 aromatic heterocycles. The quantitative estimate of drug-likeness (QED) is 0.535. The van der Waals surface area contributed by atoms with Crippen LogP contribution in [0.1, 0.15) is 21.1 Å². The molecule has 0 aliphatic heterocycles. The van der Waals surface area contributed by atoms with Crippen LogP contribution in [0.4, 0.5) is 13.2 Å². The summed E-state index contributed by atoms with van der Waals surface area (Å²) in [5, 5.41) is 9.21. The molecule has 4 aromatic rings. The van der Waals surface area contributed by atoms with Crippen molar-refractivity contribution in [3.05, 3.63) is 59.5 Å². The third kappa shape index (κ3) is 2.64. The fraction of sp³-hybridized carbons (Fsp3) is 0.238. The van der Waals surface area contributed by atoms with Crippen molar-refractivity contribution in [3.8, 4) is 11.8 Å². The summed E-state index contributed by atoms with van der Waals surface area (Å²) >= 11 is 0. The van der Waals surface area contributed by atoms with Gasteiger partial charge in [0, 0.05) is 31.2 Å². The zero-order valence-electron chi connectivity index (χ0n) is 18.8. The molecule has 0 amide bonds. The highest BCUT2D eigenvalue weighted by atomic mass is 19.4. The molecule has 4 rings (SSSR count). The molecule has 2 heterocycles. The first-order valence-corrected chi connectivity index (χ1v) is 8.71. The molecule has 1 unspecified atom stereocenters. The number of methoxy groups -OCH3 is 2. The topological polar surface area (TPSA) is 75.9 Å². The van der Waals surface area contributed by atoms with E-state index in [9.17, 15) is 0 Å². The largest absolute Gasteiger partial charge is 0.496 e. The van der Waals surface area contributed by atoms with E-state index in [0.29, 0.717) is 5.52 Å². The summed E-state index contributed by atoms with van der Waals surface area (Å²) in [6.07, 6.45) is -3.74. The number of halogens is 3. The van der Waals surface area contributed by atoms with Gasteiger partial charge in [-0.2, -0.15) is 18.4 Å². The number of nitrogens with zero attached hydrogens (tertiary/aromatic N) is 3. The highest BCUT2D eigenvalue weighted by Crippen LogP contribution is 2.51. The summed E-state index contributed by atoms with van der Waals surface area (Å²) in [4.78, 5) is 6.60. The van der Waals surface area contributed by atoms with Crippen LogP contribution < -0.4 is 4.74 Å². The lowest BCUT2D eigenvalue weighted by Gasteiger charge is -2.34. The van der Waals surface area contributed by atoms with E-state index in [4.69, 9.17) is 18.8 Å². The van der Waals surface area contributed by atoms with Crippen molar-refractivity contribution in [2.45, 2.75) is 11.8 Å². The summed E-state index contributed by atoms with van der Waals surface area (Å²) in [5.74, 6) is -1.03. The van der Waals surface area contributed by atoms with Gasteiger partial charge in [-0.15, -0.1) is 0 Å². The highest BCUT2D eigenvalue weighted by Gasteiger charge is 2.62. The minimum absolute atomic E-state index is 0.0802. The number of benzene rings is 2. The number of hydrogen-bond donors (Lipinski definition) is 1. The van der Waals surface area contributed by atoms with E-state index in [0.717, 1.165) is 0 Å². The number of ether oxygens (including phenoxy) is 2. The van der Waals surface area contributed by atoms with E-state index in [1.807, 2.05) is 6.07 Å². The van der Waals surface area contributed by atoms with Crippen LogP contribution in [-0.4, -0.2) is 34.9 Å². The normalized spacial score (nSPS) is 15.9. The Bertz CT molecular complexity index is 1400. The molecular formula is C21H17F3N4O2. The number of H-pyrrole nitrogens is 1. The Morgan fingerprint density at radius 2 is 2.03 bits per heavy atom. The summed E-state index contributed by atoms with van der Waals surface area (Å²) < 4.78 is 79.7. The molecule has 0 saturated heterocycles. The minimum Gasteiger partial charge on any atom is -0.496 e. The Hall–Kier alpha value is -3.51. The van der Waals surface area contributed by atoms with Crippen molar-refractivity contribution in [1.29, 1.82) is 5.26 Å². The van der Waals surface area contributed by atoms with Gasteiger partial charge in [0.25, 0.3) is 5.60 Å². The van der Waals surface area contributed by atoms with Gasteiger partial charge in [0.05, 0.1) is 39.5 Å². The molecule has 0 aliphatic rings. The Labute approximate surface area is 173 Å². The van der Waals surface area contributed by atoms with E-state index in [-0.39, 0.29) is 27.7 Å². The van der Waals surface area contributed by atoms with Gasteiger partial charge in [-0.3, -0.25) is 0 Å². The van der Waals surface area contributed by atoms with Gasteiger partial charge in [-0.25, -0.2) is 4.98 Å². The second kappa shape index (κ2) is 6.78. The van der Waals surface area contributed by atoms with Crippen LogP contribution in [-0.2, 0) is 17.4 Å². The van der Waals surface area contributed by atoms with E-state index >= 15 is 13.2 Å². The lowest BCUT2D eigenvalue weighted by atomic mass is 9.88. The minimum atomic E-state index is -5.29.